The summed E-state index contributed by atoms with van der Waals surface area (Å²) < 4.78 is 43.4. The number of hydrogen-bond donors (Lipinski definition) is 0. The third kappa shape index (κ3) is 4.05. The number of nitroso groups, excluding NO2 is 1. The van der Waals surface area contributed by atoms with Crippen LogP contribution in [0.2, 0.25) is 0 Å². The van der Waals surface area contributed by atoms with Crippen LogP contribution >= 0.6 is 0 Å². The topological polar surface area (TPSA) is 38.7 Å². The zero-order valence-electron chi connectivity index (χ0n) is 10.9. The molecule has 110 valence electrons. The molecule has 21 heavy (non-hydrogen) atoms. The van der Waals surface area contributed by atoms with E-state index in [2.05, 4.69) is 5.18 Å². The minimum Gasteiger partial charge on any atom is -0.489 e. The lowest BCUT2D eigenvalue weighted by Gasteiger charge is -2.14. The number of rotatable bonds is 5. The summed E-state index contributed by atoms with van der Waals surface area (Å²) in [6.07, 6.45) is -4.71. The van der Waals surface area contributed by atoms with Crippen LogP contribution < -0.4 is 4.74 Å². The van der Waals surface area contributed by atoms with Crippen LogP contribution in [0, 0.1) is 4.91 Å². The summed E-state index contributed by atoms with van der Waals surface area (Å²) in [6, 6.07) is 12.2. The van der Waals surface area contributed by atoms with Gasteiger partial charge in [0.05, 0.1) is 0 Å². The van der Waals surface area contributed by atoms with Crippen LogP contribution in [0.5, 0.6) is 5.75 Å². The maximum absolute atomic E-state index is 12.7. The summed E-state index contributed by atoms with van der Waals surface area (Å²) in [6.45, 7) is 0.232. The van der Waals surface area contributed by atoms with Crippen molar-refractivity contribution in [3.8, 4) is 5.75 Å². The molecule has 2 aromatic carbocycles. The molecule has 0 aliphatic heterocycles. The van der Waals surface area contributed by atoms with E-state index in [0.29, 0.717) is 0 Å². The number of hydrogen-bond acceptors (Lipinski definition) is 3. The Morgan fingerprint density at radius 3 is 2.38 bits per heavy atom. The van der Waals surface area contributed by atoms with Gasteiger partial charge in [0, 0.05) is 0 Å². The lowest BCUT2D eigenvalue weighted by atomic mass is 10.1. The van der Waals surface area contributed by atoms with Crippen LogP contribution in [-0.4, -0.2) is 6.18 Å². The first kappa shape index (κ1) is 15.0. The van der Waals surface area contributed by atoms with Crippen LogP contribution in [0.1, 0.15) is 17.2 Å². The average Bonchev–Trinajstić information content (AvgIpc) is 2.46. The summed E-state index contributed by atoms with van der Waals surface area (Å²) in [7, 11) is 0. The van der Waals surface area contributed by atoms with Crippen molar-refractivity contribution in [3.05, 3.63) is 70.6 Å². The second-order valence-electron chi connectivity index (χ2n) is 4.40. The van der Waals surface area contributed by atoms with Crippen molar-refractivity contribution >= 4 is 0 Å². The van der Waals surface area contributed by atoms with Gasteiger partial charge in [-0.1, -0.05) is 47.6 Å². The molecule has 0 radical (unpaired) electrons. The molecule has 0 aromatic heterocycles. The highest BCUT2D eigenvalue weighted by Gasteiger charge is 2.42. The van der Waals surface area contributed by atoms with E-state index in [1.165, 1.54) is 24.3 Å². The fraction of sp³-hybridized carbons (Fsp3) is 0.200. The maximum atomic E-state index is 12.7. The van der Waals surface area contributed by atoms with Crippen LogP contribution in [-0.2, 0) is 6.61 Å². The van der Waals surface area contributed by atoms with Crippen molar-refractivity contribution in [2.75, 3.05) is 0 Å². The number of benzene rings is 2. The van der Waals surface area contributed by atoms with Crippen molar-refractivity contribution in [2.24, 2.45) is 5.18 Å². The minimum atomic E-state index is -4.71. The molecule has 2 aromatic rings. The predicted octanol–water partition coefficient (Wildman–Crippen LogP) is 4.64. The Hall–Kier alpha value is -2.37. The molecule has 0 fully saturated rings. The highest BCUT2D eigenvalue weighted by atomic mass is 19.4. The average molecular weight is 295 g/mol. The van der Waals surface area contributed by atoms with Gasteiger partial charge in [0.25, 0.3) is 0 Å². The van der Waals surface area contributed by atoms with Gasteiger partial charge in [-0.25, -0.2) is 0 Å². The molecule has 6 heteroatoms. The third-order valence-corrected chi connectivity index (χ3v) is 2.84. The largest absolute Gasteiger partial charge is 0.489 e. The molecule has 0 aliphatic carbocycles. The smallest absolute Gasteiger partial charge is 0.418 e. The third-order valence-electron chi connectivity index (χ3n) is 2.84. The van der Waals surface area contributed by atoms with Crippen LogP contribution in [0.25, 0.3) is 0 Å². The lowest BCUT2D eigenvalue weighted by Crippen LogP contribution is -2.18. The van der Waals surface area contributed by atoms with E-state index in [1.807, 2.05) is 30.3 Å². The zero-order valence-corrected chi connectivity index (χ0v) is 10.9. The first-order valence-electron chi connectivity index (χ1n) is 6.16. The SMILES string of the molecule is O=NC(c1cccc(OCc2ccccc2)c1)C(F)(F)F. The minimum absolute atomic E-state index is 0.232. The van der Waals surface area contributed by atoms with Crippen LogP contribution in [0.3, 0.4) is 0 Å². The molecule has 1 atom stereocenters. The van der Waals surface area contributed by atoms with Gasteiger partial charge in [-0.05, 0) is 23.3 Å². The summed E-state index contributed by atoms with van der Waals surface area (Å²) in [5.74, 6) is 0.259. The van der Waals surface area contributed by atoms with Gasteiger partial charge in [-0.15, -0.1) is 4.91 Å². The molecular weight excluding hydrogens is 283 g/mol. The van der Waals surface area contributed by atoms with E-state index < -0.39 is 12.2 Å². The van der Waals surface area contributed by atoms with E-state index >= 15 is 0 Å². The Morgan fingerprint density at radius 1 is 1.05 bits per heavy atom. The molecule has 2 rings (SSSR count). The predicted molar refractivity (Wildman–Crippen MR) is 71.8 cm³/mol. The van der Waals surface area contributed by atoms with E-state index in [1.54, 1.807) is 0 Å². The second kappa shape index (κ2) is 6.39. The fourth-order valence-electron chi connectivity index (χ4n) is 1.82. The monoisotopic (exact) mass is 295 g/mol. The van der Waals surface area contributed by atoms with E-state index in [0.717, 1.165) is 5.56 Å². The quantitative estimate of drug-likeness (QED) is 0.754. The maximum Gasteiger partial charge on any atom is 0.418 e. The van der Waals surface area contributed by atoms with Gasteiger partial charge >= 0.3 is 6.18 Å². The molecule has 0 bridgehead atoms. The number of alkyl halides is 3. The lowest BCUT2D eigenvalue weighted by molar-refractivity contribution is -0.148. The van der Waals surface area contributed by atoms with Gasteiger partial charge in [0.15, 0.2) is 0 Å². The van der Waals surface area contributed by atoms with Crippen molar-refractivity contribution in [1.29, 1.82) is 0 Å². The zero-order chi connectivity index (χ0) is 15.3. The van der Waals surface area contributed by atoms with Gasteiger partial charge in [0.2, 0.25) is 6.04 Å². The molecule has 1 unspecified atom stereocenters. The molecule has 0 saturated carbocycles. The van der Waals surface area contributed by atoms with Gasteiger partial charge in [-0.3, -0.25) is 0 Å². The van der Waals surface area contributed by atoms with Gasteiger partial charge in [0.1, 0.15) is 12.4 Å². The Kier molecular flexibility index (Phi) is 4.57. The van der Waals surface area contributed by atoms with E-state index in [9.17, 15) is 18.1 Å². The molecule has 0 aliphatic rings. The highest BCUT2D eigenvalue weighted by molar-refractivity contribution is 5.31. The van der Waals surface area contributed by atoms with E-state index in [-0.39, 0.29) is 17.9 Å². The molecule has 0 saturated heterocycles. The van der Waals surface area contributed by atoms with Crippen LogP contribution in [0.4, 0.5) is 13.2 Å². The normalized spacial score (nSPS) is 12.7. The number of nitrogens with zero attached hydrogens (tertiary/aromatic N) is 1. The van der Waals surface area contributed by atoms with Crippen molar-refractivity contribution in [2.45, 2.75) is 18.8 Å². The molecule has 0 N–H and O–H groups in total. The Balaban J connectivity index is 2.12. The number of halogens is 3. The summed E-state index contributed by atoms with van der Waals surface area (Å²) in [5, 5.41) is 2.16. The Bertz CT molecular complexity index is 599. The van der Waals surface area contributed by atoms with Crippen molar-refractivity contribution < 1.29 is 17.9 Å². The number of ether oxygens (including phenoxy) is 1. The van der Waals surface area contributed by atoms with Crippen molar-refractivity contribution in [3.63, 3.8) is 0 Å². The van der Waals surface area contributed by atoms with Gasteiger partial charge < -0.3 is 4.74 Å². The van der Waals surface area contributed by atoms with E-state index in [4.69, 9.17) is 4.74 Å². The Morgan fingerprint density at radius 2 is 1.76 bits per heavy atom. The molecular formula is C15H12F3NO2. The van der Waals surface area contributed by atoms with Crippen LogP contribution in [0.15, 0.2) is 59.8 Å². The summed E-state index contributed by atoms with van der Waals surface area (Å²) in [4.78, 5) is 10.4. The standard InChI is InChI=1S/C15H12F3NO2/c16-15(17,18)14(19-20)12-7-4-8-13(9-12)21-10-11-5-2-1-3-6-11/h1-9,14H,10H2. The molecule has 0 heterocycles. The highest BCUT2D eigenvalue weighted by Crippen LogP contribution is 2.36. The Labute approximate surface area is 119 Å². The second-order valence-corrected chi connectivity index (χ2v) is 4.40. The summed E-state index contributed by atoms with van der Waals surface area (Å²) in [5.41, 5.74) is 0.659. The van der Waals surface area contributed by atoms with Crippen molar-refractivity contribution in [1.82, 2.24) is 0 Å². The fourth-order valence-corrected chi connectivity index (χ4v) is 1.82. The van der Waals surface area contributed by atoms with Gasteiger partial charge in [-0.2, -0.15) is 13.2 Å². The molecule has 3 nitrogen and oxygen atoms in total. The summed E-state index contributed by atoms with van der Waals surface area (Å²) >= 11 is 0. The molecule has 0 spiro atoms. The first-order valence-corrected chi connectivity index (χ1v) is 6.16. The first-order chi connectivity index (χ1) is 10.0. The molecule has 0 amide bonds.